The van der Waals surface area contributed by atoms with E-state index in [1.807, 2.05) is 0 Å². The number of hydrogen-bond donors (Lipinski definition) is 3. The number of phosphoric ester groups is 1. The van der Waals surface area contributed by atoms with E-state index in [1.54, 1.807) is 0 Å². The highest BCUT2D eigenvalue weighted by atomic mass is 31.2. The molecule has 0 aliphatic carbocycles. The smallest absolute Gasteiger partial charge is 0.457 e. The summed E-state index contributed by atoms with van der Waals surface area (Å²) in [6.07, 6.45) is 32.2. The van der Waals surface area contributed by atoms with Gasteiger partial charge < -0.3 is 24.6 Å². The predicted molar refractivity (Wildman–Crippen MR) is 182 cm³/mol. The first-order valence-electron chi connectivity index (χ1n) is 17.1. The fraction of sp³-hybridized carbons (Fsp3) is 0.743. The molecule has 0 bridgehead atoms. The van der Waals surface area contributed by atoms with Crippen molar-refractivity contribution in [1.29, 1.82) is 0 Å². The molecule has 9 nitrogen and oxygen atoms in total. The number of aliphatic hydroxyl groups excluding tert-OH is 2. The van der Waals surface area contributed by atoms with E-state index in [1.165, 1.54) is 6.42 Å². The third kappa shape index (κ3) is 32.2. The predicted octanol–water partition coefficient (Wildman–Crippen LogP) is 8.30. The Morgan fingerprint density at radius 2 is 1.27 bits per heavy atom. The van der Waals surface area contributed by atoms with Crippen molar-refractivity contribution in [3.8, 4) is 0 Å². The molecule has 3 atom stereocenters. The summed E-state index contributed by atoms with van der Waals surface area (Å²) in [6, 6.07) is 0. The van der Waals surface area contributed by atoms with E-state index in [9.17, 15) is 19.4 Å². The van der Waals surface area contributed by atoms with Crippen LogP contribution in [0.15, 0.2) is 48.6 Å². The van der Waals surface area contributed by atoms with Crippen LogP contribution < -0.4 is 0 Å². The molecule has 0 aromatic carbocycles. The molecule has 0 aromatic heterocycles. The Hall–Kier alpha value is -1.58. The van der Waals surface area contributed by atoms with Crippen LogP contribution in [0.5, 0.6) is 0 Å². The molecule has 0 aliphatic heterocycles. The number of hydrogen-bond acceptors (Lipinski definition) is 8. The molecule has 0 rings (SSSR count). The van der Waals surface area contributed by atoms with Crippen LogP contribution in [0.3, 0.4) is 0 Å². The van der Waals surface area contributed by atoms with Crippen molar-refractivity contribution in [1.82, 2.24) is 0 Å². The molecule has 0 amide bonds. The Labute approximate surface area is 273 Å². The van der Waals surface area contributed by atoms with Crippen LogP contribution in [-0.4, -0.2) is 66.3 Å². The van der Waals surface area contributed by atoms with E-state index < -0.39 is 45.8 Å². The van der Waals surface area contributed by atoms with E-state index in [0.29, 0.717) is 13.0 Å². The van der Waals surface area contributed by atoms with Gasteiger partial charge in [-0.15, -0.1) is 0 Å². The lowest BCUT2D eigenvalue weighted by molar-refractivity contribution is -0.154. The maximum absolute atomic E-state index is 12.5. The van der Waals surface area contributed by atoms with E-state index >= 15 is 0 Å². The first-order valence-corrected chi connectivity index (χ1v) is 18.6. The Bertz CT molecular complexity index is 841. The van der Waals surface area contributed by atoms with Crippen LogP contribution in [-0.2, 0) is 27.9 Å². The zero-order valence-electron chi connectivity index (χ0n) is 28.1. The van der Waals surface area contributed by atoms with Gasteiger partial charge in [0.1, 0.15) is 12.2 Å². The van der Waals surface area contributed by atoms with Crippen LogP contribution in [0, 0.1) is 0 Å². The lowest BCUT2D eigenvalue weighted by atomic mass is 10.1. The Morgan fingerprint density at radius 3 is 1.93 bits per heavy atom. The van der Waals surface area contributed by atoms with Crippen molar-refractivity contribution in [2.24, 2.45) is 0 Å². The number of allylic oxidation sites excluding steroid dienone is 8. The maximum Gasteiger partial charge on any atom is 0.472 e. The van der Waals surface area contributed by atoms with E-state index in [-0.39, 0.29) is 13.0 Å². The van der Waals surface area contributed by atoms with Gasteiger partial charge in [-0.2, -0.15) is 0 Å². The largest absolute Gasteiger partial charge is 0.472 e. The molecular weight excluding hydrogens is 595 g/mol. The number of esters is 1. The number of unbranched alkanes of at least 4 members (excludes halogenated alkanes) is 10. The summed E-state index contributed by atoms with van der Waals surface area (Å²) in [5, 5.41) is 18.2. The standard InChI is InChI=1S/C35H63O9P/c1-3-5-7-9-11-13-15-16-17-18-20-22-24-26-28-41-31-34(32-43-45(39,40)42-30-33(37)29-36)44-35(38)27-25-23-21-19-14-12-10-8-6-4-2/h5,7-8,10-11,13,16-17,33-34,36-37H,3-4,6,9,12,14-15,18-32H2,1-2H3,(H,39,40)/b7-5-,10-8-,13-11-,17-16-. The molecule has 0 saturated heterocycles. The SMILES string of the molecule is CC/C=C\C/C=C\C/C=C\CCCCCCOCC(COP(=O)(O)OCC(O)CO)OC(=O)CCCCCCC/C=C\CCC. The van der Waals surface area contributed by atoms with Gasteiger partial charge in [0, 0.05) is 13.0 Å². The molecule has 0 spiro atoms. The number of ether oxygens (including phenoxy) is 2. The average Bonchev–Trinajstić information content (AvgIpc) is 3.03. The van der Waals surface area contributed by atoms with Crippen molar-refractivity contribution in [2.75, 3.05) is 33.0 Å². The molecule has 262 valence electrons. The van der Waals surface area contributed by atoms with Gasteiger partial charge in [-0.3, -0.25) is 13.8 Å². The van der Waals surface area contributed by atoms with E-state index in [2.05, 4.69) is 62.5 Å². The molecule has 45 heavy (non-hydrogen) atoms. The van der Waals surface area contributed by atoms with Gasteiger partial charge in [-0.05, 0) is 64.2 Å². The average molecular weight is 659 g/mol. The zero-order chi connectivity index (χ0) is 33.3. The fourth-order valence-electron chi connectivity index (χ4n) is 4.13. The molecule has 10 heteroatoms. The summed E-state index contributed by atoms with van der Waals surface area (Å²) in [6.45, 7) is 3.24. The highest BCUT2D eigenvalue weighted by molar-refractivity contribution is 7.47. The zero-order valence-corrected chi connectivity index (χ0v) is 29.0. The van der Waals surface area contributed by atoms with Crippen LogP contribution in [0.2, 0.25) is 0 Å². The fourth-order valence-corrected chi connectivity index (χ4v) is 4.92. The minimum absolute atomic E-state index is 0.0288. The minimum Gasteiger partial charge on any atom is -0.457 e. The van der Waals surface area contributed by atoms with E-state index in [0.717, 1.165) is 89.9 Å². The molecule has 3 unspecified atom stereocenters. The molecule has 0 aliphatic rings. The highest BCUT2D eigenvalue weighted by Crippen LogP contribution is 2.43. The molecule has 0 fully saturated rings. The van der Waals surface area contributed by atoms with Gasteiger partial charge >= 0.3 is 13.8 Å². The molecule has 3 N–H and O–H groups in total. The Morgan fingerprint density at radius 1 is 0.711 bits per heavy atom. The van der Waals surface area contributed by atoms with Crippen molar-refractivity contribution >= 4 is 13.8 Å². The van der Waals surface area contributed by atoms with Crippen LogP contribution in [0.25, 0.3) is 0 Å². The molecule has 0 radical (unpaired) electrons. The quantitative estimate of drug-likeness (QED) is 0.0283. The van der Waals surface area contributed by atoms with Crippen LogP contribution in [0.1, 0.15) is 123 Å². The van der Waals surface area contributed by atoms with Crippen LogP contribution >= 0.6 is 7.82 Å². The van der Waals surface area contributed by atoms with Crippen molar-refractivity contribution in [3.05, 3.63) is 48.6 Å². The van der Waals surface area contributed by atoms with Gasteiger partial charge in [0.25, 0.3) is 0 Å². The summed E-state index contributed by atoms with van der Waals surface area (Å²) in [5.41, 5.74) is 0. The first-order chi connectivity index (χ1) is 21.8. The summed E-state index contributed by atoms with van der Waals surface area (Å²) in [4.78, 5) is 22.3. The summed E-state index contributed by atoms with van der Waals surface area (Å²) in [5.74, 6) is -0.407. The van der Waals surface area contributed by atoms with Gasteiger partial charge in [0.15, 0.2) is 0 Å². The summed E-state index contributed by atoms with van der Waals surface area (Å²) in [7, 11) is -4.51. The van der Waals surface area contributed by atoms with Gasteiger partial charge in [-0.25, -0.2) is 4.57 Å². The Kier molecular flexibility index (Phi) is 31.2. The first kappa shape index (κ1) is 43.4. The normalized spacial score (nSPS) is 15.0. The van der Waals surface area contributed by atoms with E-state index in [4.69, 9.17) is 23.6 Å². The van der Waals surface area contributed by atoms with Crippen molar-refractivity contribution in [3.63, 3.8) is 0 Å². The highest BCUT2D eigenvalue weighted by Gasteiger charge is 2.26. The maximum atomic E-state index is 12.5. The second-order valence-corrected chi connectivity index (χ2v) is 12.6. The summed E-state index contributed by atoms with van der Waals surface area (Å²) >= 11 is 0. The van der Waals surface area contributed by atoms with Crippen molar-refractivity contribution < 1.29 is 43.0 Å². The topological polar surface area (TPSA) is 132 Å². The number of phosphoric acid groups is 1. The lowest BCUT2D eigenvalue weighted by Crippen LogP contribution is -2.29. The third-order valence-corrected chi connectivity index (χ3v) is 7.68. The molecule has 0 heterocycles. The number of carbonyl (C=O) groups is 1. The number of aliphatic hydroxyl groups is 2. The summed E-state index contributed by atoms with van der Waals surface area (Å²) < 4.78 is 33.1. The van der Waals surface area contributed by atoms with Gasteiger partial charge in [0.05, 0.1) is 26.4 Å². The minimum atomic E-state index is -4.51. The van der Waals surface area contributed by atoms with Gasteiger partial charge in [0.2, 0.25) is 0 Å². The number of carbonyl (C=O) groups excluding carboxylic acids is 1. The number of rotatable bonds is 32. The third-order valence-electron chi connectivity index (χ3n) is 6.73. The van der Waals surface area contributed by atoms with Gasteiger partial charge in [-0.1, -0.05) is 101 Å². The second-order valence-electron chi connectivity index (χ2n) is 11.1. The second kappa shape index (κ2) is 32.4. The molecule has 0 saturated carbocycles. The van der Waals surface area contributed by atoms with Crippen molar-refractivity contribution in [2.45, 2.75) is 135 Å². The van der Waals surface area contributed by atoms with Crippen LogP contribution in [0.4, 0.5) is 0 Å². The molecular formula is C35H63O9P. The monoisotopic (exact) mass is 658 g/mol. The molecule has 0 aromatic rings. The lowest BCUT2D eigenvalue weighted by Gasteiger charge is -2.20. The Balaban J connectivity index is 4.34.